The van der Waals surface area contributed by atoms with Gasteiger partial charge in [-0.3, -0.25) is 4.79 Å². The van der Waals surface area contributed by atoms with E-state index in [2.05, 4.69) is 52.8 Å². The molecule has 0 radical (unpaired) electrons. The van der Waals surface area contributed by atoms with Crippen LogP contribution in [-0.2, 0) is 10.2 Å². The summed E-state index contributed by atoms with van der Waals surface area (Å²) < 4.78 is 0. The van der Waals surface area contributed by atoms with Crippen LogP contribution in [0.5, 0.6) is 0 Å². The van der Waals surface area contributed by atoms with E-state index < -0.39 is 0 Å². The van der Waals surface area contributed by atoms with E-state index in [1.807, 2.05) is 11.0 Å². The van der Waals surface area contributed by atoms with E-state index in [-0.39, 0.29) is 16.7 Å². The Kier molecular flexibility index (Phi) is 3.46. The van der Waals surface area contributed by atoms with Crippen LogP contribution in [0.3, 0.4) is 0 Å². The van der Waals surface area contributed by atoms with E-state index in [1.165, 1.54) is 5.56 Å². The first-order valence-electron chi connectivity index (χ1n) is 7.11. The van der Waals surface area contributed by atoms with Gasteiger partial charge in [0.15, 0.2) is 0 Å². The molecule has 2 rings (SSSR count). The van der Waals surface area contributed by atoms with Crippen LogP contribution in [0.15, 0.2) is 24.3 Å². The number of fused-ring (bicyclic) bond motifs is 1. The number of amides is 1. The molecule has 0 saturated carbocycles. The second-order valence-electron chi connectivity index (χ2n) is 7.43. The van der Waals surface area contributed by atoms with Crippen molar-refractivity contribution >= 4 is 11.6 Å². The Labute approximate surface area is 116 Å². The highest BCUT2D eigenvalue weighted by Crippen LogP contribution is 2.40. The van der Waals surface area contributed by atoms with E-state index in [1.54, 1.807) is 0 Å². The topological polar surface area (TPSA) is 20.3 Å². The van der Waals surface area contributed by atoms with Crippen LogP contribution in [0, 0.1) is 5.41 Å². The van der Waals surface area contributed by atoms with Gasteiger partial charge < -0.3 is 4.90 Å². The number of hydrogen-bond acceptors (Lipinski definition) is 1. The van der Waals surface area contributed by atoms with Crippen molar-refractivity contribution in [1.29, 1.82) is 0 Å². The third-order valence-corrected chi connectivity index (χ3v) is 3.87. The van der Waals surface area contributed by atoms with Crippen LogP contribution < -0.4 is 4.90 Å². The molecule has 0 unspecified atom stereocenters. The van der Waals surface area contributed by atoms with Crippen molar-refractivity contribution in [3.05, 3.63) is 29.8 Å². The standard InChI is InChI=1S/C17H25NO/c1-16(2,3)12-15(19)18-11-10-17(4,5)13-8-6-7-9-14(13)18/h6-9H,10-12H2,1-5H3. The number of carbonyl (C=O) groups is 1. The Balaban J connectivity index is 2.33. The predicted molar refractivity (Wildman–Crippen MR) is 80.5 cm³/mol. The van der Waals surface area contributed by atoms with Crippen molar-refractivity contribution in [2.75, 3.05) is 11.4 Å². The molecule has 1 aliphatic rings. The van der Waals surface area contributed by atoms with E-state index in [0.29, 0.717) is 6.42 Å². The minimum absolute atomic E-state index is 0.0407. The molecule has 0 aliphatic carbocycles. The normalized spacial score (nSPS) is 18.1. The first-order chi connectivity index (χ1) is 8.71. The molecule has 1 aromatic carbocycles. The summed E-state index contributed by atoms with van der Waals surface area (Å²) in [5.41, 5.74) is 2.60. The predicted octanol–water partition coefficient (Wildman–Crippen LogP) is 4.14. The SMILES string of the molecule is CC(C)(C)CC(=O)N1CCC(C)(C)c2ccccc21. The zero-order valence-electron chi connectivity index (χ0n) is 12.8. The summed E-state index contributed by atoms with van der Waals surface area (Å²) >= 11 is 0. The van der Waals surface area contributed by atoms with Gasteiger partial charge in [-0.05, 0) is 28.9 Å². The van der Waals surface area contributed by atoms with Crippen LogP contribution in [0.1, 0.15) is 53.0 Å². The fraction of sp³-hybridized carbons (Fsp3) is 0.588. The molecule has 0 bridgehead atoms. The van der Waals surface area contributed by atoms with Crippen molar-refractivity contribution in [3.63, 3.8) is 0 Å². The average molecular weight is 259 g/mol. The summed E-state index contributed by atoms with van der Waals surface area (Å²) in [7, 11) is 0. The Morgan fingerprint density at radius 1 is 1.26 bits per heavy atom. The second kappa shape index (κ2) is 4.66. The highest BCUT2D eigenvalue weighted by molar-refractivity contribution is 5.95. The molecule has 2 heteroatoms. The average Bonchev–Trinajstić information content (AvgIpc) is 2.26. The first kappa shape index (κ1) is 14.1. The molecule has 0 saturated heterocycles. The molecule has 0 spiro atoms. The number of anilines is 1. The van der Waals surface area contributed by atoms with Gasteiger partial charge in [0.05, 0.1) is 0 Å². The van der Waals surface area contributed by atoms with Crippen molar-refractivity contribution < 1.29 is 4.79 Å². The highest BCUT2D eigenvalue weighted by Gasteiger charge is 2.34. The molecular formula is C17H25NO. The second-order valence-corrected chi connectivity index (χ2v) is 7.43. The molecule has 1 amide bonds. The largest absolute Gasteiger partial charge is 0.312 e. The maximum Gasteiger partial charge on any atom is 0.227 e. The van der Waals surface area contributed by atoms with Gasteiger partial charge in [-0.2, -0.15) is 0 Å². The van der Waals surface area contributed by atoms with E-state index in [9.17, 15) is 4.79 Å². The Morgan fingerprint density at radius 3 is 2.53 bits per heavy atom. The van der Waals surface area contributed by atoms with Crippen LogP contribution >= 0.6 is 0 Å². The number of carbonyl (C=O) groups excluding carboxylic acids is 1. The van der Waals surface area contributed by atoms with Gasteiger partial charge in [-0.15, -0.1) is 0 Å². The maximum atomic E-state index is 12.5. The third-order valence-electron chi connectivity index (χ3n) is 3.87. The van der Waals surface area contributed by atoms with E-state index in [4.69, 9.17) is 0 Å². The molecule has 19 heavy (non-hydrogen) atoms. The van der Waals surface area contributed by atoms with Gasteiger partial charge >= 0.3 is 0 Å². The molecule has 104 valence electrons. The molecule has 1 aliphatic heterocycles. The van der Waals surface area contributed by atoms with Crippen molar-refractivity contribution in [2.45, 2.75) is 52.9 Å². The molecule has 0 fully saturated rings. The number of para-hydroxylation sites is 1. The van der Waals surface area contributed by atoms with Crippen molar-refractivity contribution in [1.82, 2.24) is 0 Å². The summed E-state index contributed by atoms with van der Waals surface area (Å²) in [6, 6.07) is 8.33. The van der Waals surface area contributed by atoms with Gasteiger partial charge in [0.25, 0.3) is 0 Å². The van der Waals surface area contributed by atoms with Gasteiger partial charge in [0.1, 0.15) is 0 Å². The fourth-order valence-electron chi connectivity index (χ4n) is 2.74. The Hall–Kier alpha value is -1.31. The van der Waals surface area contributed by atoms with E-state index in [0.717, 1.165) is 18.7 Å². The zero-order chi connectivity index (χ0) is 14.3. The fourth-order valence-corrected chi connectivity index (χ4v) is 2.74. The lowest BCUT2D eigenvalue weighted by Crippen LogP contribution is -2.42. The third kappa shape index (κ3) is 2.99. The lowest BCUT2D eigenvalue weighted by molar-refractivity contribution is -0.120. The molecular weight excluding hydrogens is 234 g/mol. The van der Waals surface area contributed by atoms with Crippen LogP contribution in [-0.4, -0.2) is 12.5 Å². The number of benzene rings is 1. The minimum atomic E-state index is 0.0407. The van der Waals surface area contributed by atoms with Crippen molar-refractivity contribution in [3.8, 4) is 0 Å². The molecule has 1 heterocycles. The van der Waals surface area contributed by atoms with Crippen LogP contribution in [0.25, 0.3) is 0 Å². The summed E-state index contributed by atoms with van der Waals surface area (Å²) in [6.07, 6.45) is 1.63. The maximum absolute atomic E-state index is 12.5. The molecule has 0 atom stereocenters. The minimum Gasteiger partial charge on any atom is -0.312 e. The molecule has 2 nitrogen and oxygen atoms in total. The van der Waals surface area contributed by atoms with E-state index >= 15 is 0 Å². The molecule has 0 N–H and O–H groups in total. The summed E-state index contributed by atoms with van der Waals surface area (Å²) in [6.45, 7) is 11.7. The molecule has 0 aromatic heterocycles. The van der Waals surface area contributed by atoms with Gasteiger partial charge in [-0.25, -0.2) is 0 Å². The quantitative estimate of drug-likeness (QED) is 0.742. The number of rotatable bonds is 1. The summed E-state index contributed by atoms with van der Waals surface area (Å²) in [5.74, 6) is 0.246. The molecule has 1 aromatic rings. The lowest BCUT2D eigenvalue weighted by atomic mass is 9.77. The highest BCUT2D eigenvalue weighted by atomic mass is 16.2. The van der Waals surface area contributed by atoms with Crippen LogP contribution in [0.2, 0.25) is 0 Å². The van der Waals surface area contributed by atoms with Gasteiger partial charge in [0.2, 0.25) is 5.91 Å². The summed E-state index contributed by atoms with van der Waals surface area (Å²) in [5, 5.41) is 0. The number of nitrogens with zero attached hydrogens (tertiary/aromatic N) is 1. The van der Waals surface area contributed by atoms with Crippen LogP contribution in [0.4, 0.5) is 5.69 Å². The summed E-state index contributed by atoms with van der Waals surface area (Å²) in [4.78, 5) is 14.5. The zero-order valence-corrected chi connectivity index (χ0v) is 12.8. The first-order valence-corrected chi connectivity index (χ1v) is 7.11. The monoisotopic (exact) mass is 259 g/mol. The number of hydrogen-bond donors (Lipinski definition) is 0. The van der Waals surface area contributed by atoms with Crippen molar-refractivity contribution in [2.24, 2.45) is 5.41 Å². The lowest BCUT2D eigenvalue weighted by Gasteiger charge is -2.39. The van der Waals surface area contributed by atoms with Gasteiger partial charge in [-0.1, -0.05) is 52.8 Å². The Morgan fingerprint density at radius 2 is 1.89 bits per heavy atom. The Bertz CT molecular complexity index is 482. The van der Waals surface area contributed by atoms with Gasteiger partial charge in [0, 0.05) is 18.7 Å². The smallest absolute Gasteiger partial charge is 0.227 e.